The smallest absolute Gasteiger partial charge is 0.00896 e. The van der Waals surface area contributed by atoms with Crippen LogP contribution in [0.15, 0.2) is 17.5 Å². The molecule has 0 amide bonds. The molecular formula is C18H33NS. The minimum Gasteiger partial charge on any atom is -0.311 e. The van der Waals surface area contributed by atoms with Crippen LogP contribution in [0, 0.1) is 0 Å². The average Bonchev–Trinajstić information content (AvgIpc) is 2.91. The summed E-state index contributed by atoms with van der Waals surface area (Å²) in [7, 11) is 0. The van der Waals surface area contributed by atoms with Crippen LogP contribution in [0.2, 0.25) is 0 Å². The first-order valence-electron chi connectivity index (χ1n) is 8.54. The van der Waals surface area contributed by atoms with Crippen LogP contribution in [0.3, 0.4) is 0 Å². The Labute approximate surface area is 130 Å². The van der Waals surface area contributed by atoms with Crippen LogP contribution in [0.25, 0.3) is 0 Å². The molecule has 1 heterocycles. The average molecular weight is 296 g/mol. The lowest BCUT2D eigenvalue weighted by Crippen LogP contribution is -2.37. The molecule has 1 N–H and O–H groups in total. The summed E-state index contributed by atoms with van der Waals surface area (Å²) in [5, 5.41) is 6.06. The Hall–Kier alpha value is -0.340. The fourth-order valence-corrected chi connectivity index (χ4v) is 3.62. The van der Waals surface area contributed by atoms with Crippen LogP contribution >= 0.6 is 11.3 Å². The topological polar surface area (TPSA) is 12.0 Å². The first kappa shape index (κ1) is 17.7. The normalized spacial score (nSPS) is 13.0. The molecule has 0 bridgehead atoms. The summed E-state index contributed by atoms with van der Waals surface area (Å²) < 4.78 is 0. The number of rotatable bonds is 12. The Balaban J connectivity index is 2.32. The zero-order valence-electron chi connectivity index (χ0n) is 13.7. The molecular weight excluding hydrogens is 262 g/mol. The van der Waals surface area contributed by atoms with Gasteiger partial charge in [0.15, 0.2) is 0 Å². The summed E-state index contributed by atoms with van der Waals surface area (Å²) in [5.41, 5.74) is 0. The molecule has 1 rings (SSSR count). The quantitative estimate of drug-likeness (QED) is 0.481. The maximum Gasteiger partial charge on any atom is 0.00896 e. The summed E-state index contributed by atoms with van der Waals surface area (Å²) >= 11 is 1.88. The molecule has 2 heteroatoms. The van der Waals surface area contributed by atoms with Crippen LogP contribution in [-0.2, 0) is 6.42 Å². The molecule has 1 atom stereocenters. The van der Waals surface area contributed by atoms with E-state index in [0.717, 1.165) is 6.04 Å². The zero-order chi connectivity index (χ0) is 14.6. The van der Waals surface area contributed by atoms with Gasteiger partial charge in [-0.25, -0.2) is 0 Å². The summed E-state index contributed by atoms with van der Waals surface area (Å²) in [4.78, 5) is 1.51. The molecule has 0 aromatic carbocycles. The van der Waals surface area contributed by atoms with E-state index in [9.17, 15) is 0 Å². The monoisotopic (exact) mass is 295 g/mol. The van der Waals surface area contributed by atoms with Gasteiger partial charge in [-0.1, -0.05) is 58.4 Å². The molecule has 0 aliphatic rings. The van der Waals surface area contributed by atoms with Gasteiger partial charge in [0, 0.05) is 17.0 Å². The second-order valence-corrected chi connectivity index (χ2v) is 7.07. The van der Waals surface area contributed by atoms with Crippen molar-refractivity contribution >= 4 is 11.3 Å². The van der Waals surface area contributed by atoms with Crippen molar-refractivity contribution in [3.8, 4) is 0 Å². The Morgan fingerprint density at radius 2 is 1.70 bits per heavy atom. The highest BCUT2D eigenvalue weighted by atomic mass is 32.1. The van der Waals surface area contributed by atoms with Crippen molar-refractivity contribution in [1.82, 2.24) is 5.32 Å². The van der Waals surface area contributed by atoms with Gasteiger partial charge in [0.05, 0.1) is 0 Å². The lowest BCUT2D eigenvalue weighted by molar-refractivity contribution is 0.379. The molecule has 0 radical (unpaired) electrons. The van der Waals surface area contributed by atoms with Crippen LogP contribution < -0.4 is 5.32 Å². The number of thiophene rings is 1. The van der Waals surface area contributed by atoms with E-state index in [1.165, 1.54) is 62.7 Å². The first-order valence-corrected chi connectivity index (χ1v) is 9.42. The largest absolute Gasteiger partial charge is 0.311 e. The Morgan fingerprint density at radius 1 is 1.05 bits per heavy atom. The second kappa shape index (κ2) is 11.3. The number of unbranched alkanes of at least 4 members (excludes halogenated alkanes) is 4. The highest BCUT2D eigenvalue weighted by Crippen LogP contribution is 2.15. The highest BCUT2D eigenvalue weighted by molar-refractivity contribution is 7.09. The van der Waals surface area contributed by atoms with Crippen molar-refractivity contribution in [2.24, 2.45) is 0 Å². The van der Waals surface area contributed by atoms with E-state index >= 15 is 0 Å². The standard InChI is InChI=1S/C18H33NS/c1-4-6-8-11-17(12-9-7-5-2)19-16(3)15-18-13-10-14-20-18/h10,13-14,16-17,19H,4-9,11-12,15H2,1-3H3. The number of hydrogen-bond acceptors (Lipinski definition) is 2. The summed E-state index contributed by atoms with van der Waals surface area (Å²) in [6.45, 7) is 6.92. The van der Waals surface area contributed by atoms with Gasteiger partial charge in [-0.05, 0) is 37.6 Å². The predicted octanol–water partition coefficient (Wildman–Crippen LogP) is 5.80. The van der Waals surface area contributed by atoms with E-state index in [1.54, 1.807) is 0 Å². The van der Waals surface area contributed by atoms with Crippen LogP contribution in [-0.4, -0.2) is 12.1 Å². The SMILES string of the molecule is CCCCCC(CCCCC)NC(C)Cc1cccs1. The fraction of sp³-hybridized carbons (Fsp3) is 0.778. The minimum absolute atomic E-state index is 0.599. The number of nitrogens with one attached hydrogen (secondary N) is 1. The van der Waals surface area contributed by atoms with Crippen molar-refractivity contribution < 1.29 is 0 Å². The van der Waals surface area contributed by atoms with Gasteiger partial charge >= 0.3 is 0 Å². The second-order valence-electron chi connectivity index (χ2n) is 6.04. The molecule has 1 nitrogen and oxygen atoms in total. The molecule has 1 aromatic rings. The van der Waals surface area contributed by atoms with E-state index in [1.807, 2.05) is 11.3 Å². The molecule has 116 valence electrons. The Kier molecular flexibility index (Phi) is 10.0. The molecule has 20 heavy (non-hydrogen) atoms. The zero-order valence-corrected chi connectivity index (χ0v) is 14.5. The van der Waals surface area contributed by atoms with Gasteiger partial charge in [0.2, 0.25) is 0 Å². The van der Waals surface area contributed by atoms with Gasteiger partial charge in [0.25, 0.3) is 0 Å². The van der Waals surface area contributed by atoms with Crippen molar-refractivity contribution in [1.29, 1.82) is 0 Å². The van der Waals surface area contributed by atoms with Crippen LogP contribution in [0.5, 0.6) is 0 Å². The van der Waals surface area contributed by atoms with Crippen molar-refractivity contribution in [3.05, 3.63) is 22.4 Å². The third-order valence-electron chi connectivity index (χ3n) is 3.92. The summed E-state index contributed by atoms with van der Waals surface area (Å²) in [5.74, 6) is 0. The third kappa shape index (κ3) is 8.06. The molecule has 0 saturated carbocycles. The summed E-state index contributed by atoms with van der Waals surface area (Å²) in [6, 6.07) is 5.74. The van der Waals surface area contributed by atoms with Gasteiger partial charge < -0.3 is 5.32 Å². The van der Waals surface area contributed by atoms with Crippen molar-refractivity contribution in [2.75, 3.05) is 0 Å². The van der Waals surface area contributed by atoms with Crippen LogP contribution in [0.1, 0.15) is 77.0 Å². The van der Waals surface area contributed by atoms with E-state index in [2.05, 4.69) is 43.6 Å². The molecule has 0 fully saturated rings. The van der Waals surface area contributed by atoms with Crippen molar-refractivity contribution in [3.63, 3.8) is 0 Å². The predicted molar refractivity (Wildman–Crippen MR) is 92.7 cm³/mol. The third-order valence-corrected chi connectivity index (χ3v) is 4.82. The van der Waals surface area contributed by atoms with E-state index in [4.69, 9.17) is 0 Å². The van der Waals surface area contributed by atoms with Gasteiger partial charge in [-0.15, -0.1) is 11.3 Å². The summed E-state index contributed by atoms with van der Waals surface area (Å²) in [6.07, 6.45) is 12.1. The van der Waals surface area contributed by atoms with Crippen molar-refractivity contribution in [2.45, 2.75) is 90.6 Å². The lowest BCUT2D eigenvalue weighted by Gasteiger charge is -2.23. The maximum atomic E-state index is 3.88. The van der Waals surface area contributed by atoms with E-state index in [-0.39, 0.29) is 0 Å². The Morgan fingerprint density at radius 3 is 2.20 bits per heavy atom. The molecule has 0 spiro atoms. The molecule has 0 aliphatic carbocycles. The molecule has 1 aromatic heterocycles. The van der Waals surface area contributed by atoms with E-state index < -0.39 is 0 Å². The minimum atomic E-state index is 0.599. The Bertz CT molecular complexity index is 297. The van der Waals surface area contributed by atoms with E-state index in [0.29, 0.717) is 6.04 Å². The van der Waals surface area contributed by atoms with Gasteiger partial charge in [-0.3, -0.25) is 0 Å². The van der Waals surface area contributed by atoms with Gasteiger partial charge in [0.1, 0.15) is 0 Å². The molecule has 1 unspecified atom stereocenters. The maximum absolute atomic E-state index is 3.88. The van der Waals surface area contributed by atoms with Gasteiger partial charge in [-0.2, -0.15) is 0 Å². The molecule has 0 saturated heterocycles. The molecule has 0 aliphatic heterocycles. The highest BCUT2D eigenvalue weighted by Gasteiger charge is 2.12. The number of hydrogen-bond donors (Lipinski definition) is 1. The lowest BCUT2D eigenvalue weighted by atomic mass is 10.0. The fourth-order valence-electron chi connectivity index (χ4n) is 2.78. The van der Waals surface area contributed by atoms with Crippen LogP contribution in [0.4, 0.5) is 0 Å². The first-order chi connectivity index (χ1) is 9.76.